The Balaban J connectivity index is 2.25. The van der Waals surface area contributed by atoms with Crippen LogP contribution in [-0.4, -0.2) is 33.8 Å². The van der Waals surface area contributed by atoms with Crippen molar-refractivity contribution in [3.63, 3.8) is 0 Å². The molecule has 1 aliphatic rings. The van der Waals surface area contributed by atoms with Crippen molar-refractivity contribution in [2.75, 3.05) is 19.2 Å². The van der Waals surface area contributed by atoms with Gasteiger partial charge in [-0.15, -0.1) is 0 Å². The van der Waals surface area contributed by atoms with Crippen LogP contribution in [0.5, 0.6) is 0 Å². The van der Waals surface area contributed by atoms with Gasteiger partial charge in [0.1, 0.15) is 0 Å². The van der Waals surface area contributed by atoms with Crippen molar-refractivity contribution < 1.29 is 0 Å². The maximum absolute atomic E-state index is 2.45. The van der Waals surface area contributed by atoms with Crippen LogP contribution in [0.1, 0.15) is 18.5 Å². The van der Waals surface area contributed by atoms with Crippen LogP contribution in [-0.2, 0) is 0 Å². The van der Waals surface area contributed by atoms with Crippen molar-refractivity contribution in [3.05, 3.63) is 35.9 Å². The summed E-state index contributed by atoms with van der Waals surface area (Å²) in [6, 6.07) is 11.9. The van der Waals surface area contributed by atoms with Crippen LogP contribution < -0.4 is 0 Å². The predicted molar refractivity (Wildman–Crippen MR) is 74.2 cm³/mol. The lowest BCUT2D eigenvalue weighted by molar-refractivity contribution is 0.429. The molecular weight excluding hydrogens is 236 g/mol. The maximum Gasteiger partial charge on any atom is 0.0715 e. The van der Waals surface area contributed by atoms with Gasteiger partial charge in [0.15, 0.2) is 0 Å². The van der Waals surface area contributed by atoms with Gasteiger partial charge in [0.05, 0.1) is 12.7 Å². The fourth-order valence-corrected chi connectivity index (χ4v) is 3.77. The Morgan fingerprint density at radius 2 is 1.69 bits per heavy atom. The molecule has 2 nitrogen and oxygen atoms in total. The lowest BCUT2D eigenvalue weighted by atomic mass is 10.0. The molecule has 16 heavy (non-hydrogen) atoms. The normalized spacial score (nSPS) is 27.4. The number of nitrogens with zero attached hydrogens (tertiary/aromatic N) is 2. The summed E-state index contributed by atoms with van der Waals surface area (Å²) in [7, 11) is 0. The first kappa shape index (κ1) is 12.3. The lowest BCUT2D eigenvalue weighted by Crippen LogP contribution is -2.23. The topological polar surface area (TPSA) is 6.48 Å². The largest absolute Gasteiger partial charge is 0.231 e. The third-order valence-corrected chi connectivity index (χ3v) is 4.84. The summed E-state index contributed by atoms with van der Waals surface area (Å²) in [5.74, 6) is 0. The molecule has 2 atom stereocenters. The van der Waals surface area contributed by atoms with Gasteiger partial charge in [-0.3, -0.25) is 0 Å². The van der Waals surface area contributed by atoms with Crippen LogP contribution in [0.3, 0.4) is 0 Å². The zero-order valence-electron chi connectivity index (χ0n) is 9.96. The molecule has 88 valence electrons. The molecule has 2 rings (SSSR count). The summed E-state index contributed by atoms with van der Waals surface area (Å²) in [6.45, 7) is 3.34. The molecule has 0 aliphatic carbocycles. The van der Waals surface area contributed by atoms with Crippen molar-refractivity contribution in [1.29, 1.82) is 0 Å². The van der Waals surface area contributed by atoms with Crippen molar-refractivity contribution >= 4 is 23.9 Å². The minimum atomic E-state index is 0.503. The van der Waals surface area contributed by atoms with E-state index in [0.29, 0.717) is 12.1 Å². The highest BCUT2D eigenvalue weighted by molar-refractivity contribution is 7.97. The Morgan fingerprint density at radius 1 is 1.06 bits per heavy atom. The molecule has 1 aromatic rings. The van der Waals surface area contributed by atoms with E-state index >= 15 is 0 Å². The minimum Gasteiger partial charge on any atom is -0.231 e. The Kier molecular flexibility index (Phi) is 4.19. The molecule has 0 amide bonds. The first-order valence-corrected chi connectivity index (χ1v) is 7.80. The second-order valence-corrected chi connectivity index (χ2v) is 5.61. The monoisotopic (exact) mass is 254 g/mol. The van der Waals surface area contributed by atoms with Crippen LogP contribution in [0.2, 0.25) is 0 Å². The fraction of sp³-hybridized carbons (Fsp3) is 0.500. The van der Waals surface area contributed by atoms with Crippen molar-refractivity contribution in [2.24, 2.45) is 0 Å². The molecular formula is C12H18N2S2. The highest BCUT2D eigenvalue weighted by Gasteiger charge is 2.37. The van der Waals surface area contributed by atoms with Crippen LogP contribution in [0.4, 0.5) is 0 Å². The summed E-state index contributed by atoms with van der Waals surface area (Å²) in [5.41, 5.74) is 1.42. The Hall–Kier alpha value is -0.160. The van der Waals surface area contributed by atoms with Gasteiger partial charge in [0, 0.05) is 6.04 Å². The van der Waals surface area contributed by atoms with Crippen LogP contribution in [0, 0.1) is 0 Å². The molecule has 1 heterocycles. The zero-order chi connectivity index (χ0) is 11.5. The first-order chi connectivity index (χ1) is 7.77. The molecule has 0 N–H and O–H groups in total. The van der Waals surface area contributed by atoms with E-state index < -0.39 is 0 Å². The third kappa shape index (κ3) is 2.25. The third-order valence-electron chi connectivity index (χ3n) is 3.11. The SMILES string of the molecule is CSN1CN(SC)C(c2ccccc2)C1C. The van der Waals surface area contributed by atoms with E-state index in [1.807, 2.05) is 23.9 Å². The second-order valence-electron chi connectivity index (χ2n) is 3.94. The summed E-state index contributed by atoms with van der Waals surface area (Å²) >= 11 is 3.67. The summed E-state index contributed by atoms with van der Waals surface area (Å²) in [5, 5.41) is 0. The first-order valence-electron chi connectivity index (χ1n) is 5.44. The summed E-state index contributed by atoms with van der Waals surface area (Å²) < 4.78 is 4.89. The van der Waals surface area contributed by atoms with Crippen LogP contribution in [0.25, 0.3) is 0 Å². The number of hydrogen-bond donors (Lipinski definition) is 0. The van der Waals surface area contributed by atoms with E-state index in [-0.39, 0.29) is 0 Å². The average molecular weight is 254 g/mol. The standard InChI is InChI=1S/C12H18N2S2/c1-10-12(11-7-5-4-6-8-11)14(16-3)9-13(10)15-2/h4-8,10,12H,9H2,1-3H3. The van der Waals surface area contributed by atoms with Gasteiger partial charge in [-0.25, -0.2) is 8.61 Å². The quantitative estimate of drug-likeness (QED) is 0.764. The zero-order valence-corrected chi connectivity index (χ0v) is 11.6. The van der Waals surface area contributed by atoms with Gasteiger partial charge in [-0.05, 0) is 25.0 Å². The minimum absolute atomic E-state index is 0.503. The number of rotatable bonds is 3. The van der Waals surface area contributed by atoms with Gasteiger partial charge >= 0.3 is 0 Å². The molecule has 0 radical (unpaired) electrons. The van der Waals surface area contributed by atoms with Gasteiger partial charge < -0.3 is 0 Å². The molecule has 1 fully saturated rings. The van der Waals surface area contributed by atoms with E-state index in [9.17, 15) is 0 Å². The molecule has 1 aliphatic heterocycles. The Bertz CT molecular complexity index is 329. The molecule has 4 heteroatoms. The number of hydrogen-bond acceptors (Lipinski definition) is 4. The fourth-order valence-electron chi connectivity index (χ4n) is 2.24. The molecule has 0 aromatic heterocycles. The summed E-state index contributed by atoms with van der Waals surface area (Å²) in [4.78, 5) is 0. The Morgan fingerprint density at radius 3 is 2.25 bits per heavy atom. The molecule has 0 bridgehead atoms. The van der Waals surface area contributed by atoms with E-state index in [2.05, 4.69) is 58.4 Å². The lowest BCUT2D eigenvalue weighted by Gasteiger charge is -2.24. The maximum atomic E-state index is 2.45. The van der Waals surface area contributed by atoms with E-state index in [1.165, 1.54) is 5.56 Å². The molecule has 1 saturated heterocycles. The van der Waals surface area contributed by atoms with Crippen molar-refractivity contribution in [2.45, 2.75) is 19.0 Å². The second kappa shape index (κ2) is 5.45. The van der Waals surface area contributed by atoms with Gasteiger partial charge in [-0.1, -0.05) is 54.2 Å². The highest BCUT2D eigenvalue weighted by atomic mass is 32.2. The van der Waals surface area contributed by atoms with Gasteiger partial charge in [0.25, 0.3) is 0 Å². The van der Waals surface area contributed by atoms with Crippen molar-refractivity contribution in [1.82, 2.24) is 8.61 Å². The highest BCUT2D eigenvalue weighted by Crippen LogP contribution is 2.39. The average Bonchev–Trinajstić information content (AvgIpc) is 2.66. The van der Waals surface area contributed by atoms with E-state index in [1.54, 1.807) is 0 Å². The predicted octanol–water partition coefficient (Wildman–Crippen LogP) is 3.25. The van der Waals surface area contributed by atoms with E-state index in [4.69, 9.17) is 0 Å². The smallest absolute Gasteiger partial charge is 0.0715 e. The van der Waals surface area contributed by atoms with Crippen LogP contribution >= 0.6 is 23.9 Å². The molecule has 2 unspecified atom stereocenters. The van der Waals surface area contributed by atoms with E-state index in [0.717, 1.165) is 6.67 Å². The van der Waals surface area contributed by atoms with Crippen LogP contribution in [0.15, 0.2) is 30.3 Å². The molecule has 0 spiro atoms. The van der Waals surface area contributed by atoms with Crippen molar-refractivity contribution in [3.8, 4) is 0 Å². The molecule has 1 aromatic carbocycles. The van der Waals surface area contributed by atoms with Gasteiger partial charge in [0.2, 0.25) is 0 Å². The van der Waals surface area contributed by atoms with Gasteiger partial charge in [-0.2, -0.15) is 0 Å². The number of benzene rings is 1. The molecule has 0 saturated carbocycles. The summed E-state index contributed by atoms with van der Waals surface area (Å²) in [6.07, 6.45) is 4.31. The Labute approximate surface area is 107 Å².